The van der Waals surface area contributed by atoms with Gasteiger partial charge >= 0.3 is 0 Å². The first-order valence-electron chi connectivity index (χ1n) is 4.45. The largest absolute Gasteiger partial charge is 0.325 e. The molecule has 1 aromatic carbocycles. The van der Waals surface area contributed by atoms with Crippen LogP contribution in [0.25, 0.3) is 0 Å². The monoisotopic (exact) mass is 195 g/mol. The lowest BCUT2D eigenvalue weighted by Gasteiger charge is -2.19. The summed E-state index contributed by atoms with van der Waals surface area (Å²) >= 11 is 0. The Bertz CT molecular complexity index is 342. The zero-order chi connectivity index (χ0) is 10.8. The van der Waals surface area contributed by atoms with E-state index in [0.717, 1.165) is 5.56 Å². The van der Waals surface area contributed by atoms with Crippen molar-refractivity contribution in [2.24, 2.45) is 5.73 Å². The average Bonchev–Trinajstić information content (AvgIpc) is 2.06. The lowest BCUT2D eigenvalue weighted by atomic mass is 9.93. The van der Waals surface area contributed by atoms with Crippen LogP contribution in [0.5, 0.6) is 0 Å². The SMILES string of the molecule is CC(C)(N)Cc1ccc(F)cc1C=O. The van der Waals surface area contributed by atoms with E-state index >= 15 is 0 Å². The number of hydrogen-bond acceptors (Lipinski definition) is 2. The fourth-order valence-corrected chi connectivity index (χ4v) is 1.33. The smallest absolute Gasteiger partial charge is 0.150 e. The molecule has 2 nitrogen and oxygen atoms in total. The normalized spacial score (nSPS) is 11.4. The minimum atomic E-state index is -0.398. The van der Waals surface area contributed by atoms with Gasteiger partial charge in [-0.25, -0.2) is 4.39 Å². The highest BCUT2D eigenvalue weighted by molar-refractivity contribution is 5.77. The maximum Gasteiger partial charge on any atom is 0.150 e. The van der Waals surface area contributed by atoms with Crippen molar-refractivity contribution in [3.05, 3.63) is 35.1 Å². The zero-order valence-corrected chi connectivity index (χ0v) is 8.38. The van der Waals surface area contributed by atoms with Crippen LogP contribution in [0.1, 0.15) is 29.8 Å². The first-order valence-corrected chi connectivity index (χ1v) is 4.45. The van der Waals surface area contributed by atoms with Gasteiger partial charge in [0.2, 0.25) is 0 Å². The van der Waals surface area contributed by atoms with E-state index in [2.05, 4.69) is 0 Å². The van der Waals surface area contributed by atoms with Crippen molar-refractivity contribution in [2.75, 3.05) is 0 Å². The molecule has 76 valence electrons. The highest BCUT2D eigenvalue weighted by Gasteiger charge is 2.14. The molecule has 0 atom stereocenters. The summed E-state index contributed by atoms with van der Waals surface area (Å²) in [6.07, 6.45) is 1.21. The van der Waals surface area contributed by atoms with Crippen LogP contribution in [-0.2, 0) is 6.42 Å². The summed E-state index contributed by atoms with van der Waals surface area (Å²) in [4.78, 5) is 10.7. The highest BCUT2D eigenvalue weighted by Crippen LogP contribution is 2.15. The average molecular weight is 195 g/mol. The maximum atomic E-state index is 12.8. The molecule has 1 aromatic rings. The van der Waals surface area contributed by atoms with Crippen LogP contribution in [0.15, 0.2) is 18.2 Å². The first-order chi connectivity index (χ1) is 6.42. The number of halogens is 1. The van der Waals surface area contributed by atoms with Gasteiger partial charge in [-0.2, -0.15) is 0 Å². The molecule has 2 N–H and O–H groups in total. The summed E-state index contributed by atoms with van der Waals surface area (Å²) in [5.41, 5.74) is 6.59. The van der Waals surface area contributed by atoms with Gasteiger partial charge in [0.1, 0.15) is 12.1 Å². The van der Waals surface area contributed by atoms with Crippen molar-refractivity contribution < 1.29 is 9.18 Å². The second-order valence-corrected chi connectivity index (χ2v) is 4.13. The van der Waals surface area contributed by atoms with Crippen LogP contribution >= 0.6 is 0 Å². The van der Waals surface area contributed by atoms with Gasteiger partial charge in [-0.1, -0.05) is 6.07 Å². The van der Waals surface area contributed by atoms with Gasteiger partial charge in [-0.05, 0) is 38.0 Å². The number of hydrogen-bond donors (Lipinski definition) is 1. The quantitative estimate of drug-likeness (QED) is 0.749. The van der Waals surface area contributed by atoms with E-state index < -0.39 is 11.4 Å². The minimum Gasteiger partial charge on any atom is -0.325 e. The van der Waals surface area contributed by atoms with Gasteiger partial charge < -0.3 is 5.73 Å². The molecular weight excluding hydrogens is 181 g/mol. The second-order valence-electron chi connectivity index (χ2n) is 4.13. The molecular formula is C11H14FNO. The molecule has 0 spiro atoms. The van der Waals surface area contributed by atoms with Crippen molar-refractivity contribution in [1.29, 1.82) is 0 Å². The summed E-state index contributed by atoms with van der Waals surface area (Å²) < 4.78 is 12.8. The molecule has 0 amide bonds. The molecule has 0 aliphatic heterocycles. The van der Waals surface area contributed by atoms with Crippen LogP contribution in [0.2, 0.25) is 0 Å². The second kappa shape index (κ2) is 3.88. The topological polar surface area (TPSA) is 43.1 Å². The van der Waals surface area contributed by atoms with Crippen molar-refractivity contribution >= 4 is 6.29 Å². The van der Waals surface area contributed by atoms with Gasteiger partial charge in [-0.3, -0.25) is 4.79 Å². The molecule has 3 heteroatoms. The molecule has 0 fully saturated rings. The van der Waals surface area contributed by atoms with Crippen LogP contribution in [0.4, 0.5) is 4.39 Å². The maximum absolute atomic E-state index is 12.8. The zero-order valence-electron chi connectivity index (χ0n) is 8.38. The van der Waals surface area contributed by atoms with Gasteiger partial charge in [0.05, 0.1) is 0 Å². The summed E-state index contributed by atoms with van der Waals surface area (Å²) in [7, 11) is 0. The van der Waals surface area contributed by atoms with E-state index in [4.69, 9.17) is 5.73 Å². The molecule has 0 saturated carbocycles. The summed E-state index contributed by atoms with van der Waals surface area (Å²) in [6.45, 7) is 3.73. The molecule has 0 heterocycles. The van der Waals surface area contributed by atoms with Crippen molar-refractivity contribution in [1.82, 2.24) is 0 Å². The predicted octanol–water partition coefficient (Wildman–Crippen LogP) is 1.92. The molecule has 0 aromatic heterocycles. The van der Waals surface area contributed by atoms with Gasteiger partial charge in [0, 0.05) is 11.1 Å². The number of nitrogens with two attached hydrogens (primary N) is 1. The van der Waals surface area contributed by atoms with Gasteiger partial charge in [0.15, 0.2) is 0 Å². The Morgan fingerprint density at radius 3 is 2.64 bits per heavy atom. The van der Waals surface area contributed by atoms with Crippen LogP contribution in [0, 0.1) is 5.82 Å². The van der Waals surface area contributed by atoms with Crippen molar-refractivity contribution in [3.63, 3.8) is 0 Å². The standard InChI is InChI=1S/C11H14FNO/c1-11(2,13)6-8-3-4-10(12)5-9(8)7-14/h3-5,7H,6,13H2,1-2H3. The molecule has 0 radical (unpaired) electrons. The highest BCUT2D eigenvalue weighted by atomic mass is 19.1. The Morgan fingerprint density at radius 1 is 1.50 bits per heavy atom. The fraction of sp³-hybridized carbons (Fsp3) is 0.364. The number of benzene rings is 1. The Hall–Kier alpha value is -1.22. The van der Waals surface area contributed by atoms with E-state index in [1.54, 1.807) is 6.07 Å². The van der Waals surface area contributed by atoms with E-state index in [0.29, 0.717) is 18.3 Å². The number of rotatable bonds is 3. The summed E-state index contributed by atoms with van der Waals surface area (Å²) in [6, 6.07) is 4.18. The molecule has 0 aliphatic rings. The third kappa shape index (κ3) is 2.92. The number of carbonyl (C=O) groups excluding carboxylic acids is 1. The Balaban J connectivity index is 3.03. The fourth-order valence-electron chi connectivity index (χ4n) is 1.33. The molecule has 0 saturated heterocycles. The van der Waals surface area contributed by atoms with E-state index in [1.165, 1.54) is 12.1 Å². The third-order valence-electron chi connectivity index (χ3n) is 1.88. The Kier molecular flexibility index (Phi) is 3.01. The van der Waals surface area contributed by atoms with Gasteiger partial charge in [0.25, 0.3) is 0 Å². The Morgan fingerprint density at radius 2 is 2.14 bits per heavy atom. The molecule has 1 rings (SSSR count). The lowest BCUT2D eigenvalue weighted by Crippen LogP contribution is -2.34. The number of aldehydes is 1. The minimum absolute atomic E-state index is 0.378. The summed E-state index contributed by atoms with van der Waals surface area (Å²) in [5, 5.41) is 0. The third-order valence-corrected chi connectivity index (χ3v) is 1.88. The van der Waals surface area contributed by atoms with E-state index in [-0.39, 0.29) is 0 Å². The first kappa shape index (κ1) is 10.9. The van der Waals surface area contributed by atoms with Crippen molar-refractivity contribution in [3.8, 4) is 0 Å². The molecule has 14 heavy (non-hydrogen) atoms. The lowest BCUT2D eigenvalue weighted by molar-refractivity contribution is 0.112. The Labute approximate surface area is 82.9 Å². The molecule has 0 unspecified atom stereocenters. The van der Waals surface area contributed by atoms with E-state index in [9.17, 15) is 9.18 Å². The van der Waals surface area contributed by atoms with Crippen LogP contribution in [0.3, 0.4) is 0 Å². The van der Waals surface area contributed by atoms with E-state index in [1.807, 2.05) is 13.8 Å². The predicted molar refractivity (Wildman–Crippen MR) is 53.8 cm³/mol. The van der Waals surface area contributed by atoms with Crippen LogP contribution in [-0.4, -0.2) is 11.8 Å². The molecule has 0 aliphatic carbocycles. The van der Waals surface area contributed by atoms with Gasteiger partial charge in [-0.15, -0.1) is 0 Å². The summed E-state index contributed by atoms with van der Waals surface area (Å²) in [5.74, 6) is -0.398. The van der Waals surface area contributed by atoms with Crippen molar-refractivity contribution in [2.45, 2.75) is 25.8 Å². The number of carbonyl (C=O) groups is 1. The molecule has 0 bridgehead atoms. The van der Waals surface area contributed by atoms with Crippen LogP contribution < -0.4 is 5.73 Å².